The number of anilines is 2. The zero-order chi connectivity index (χ0) is 19.1. The molecular formula is C16H20FN5O3S. The van der Waals surface area contributed by atoms with Crippen molar-refractivity contribution in [2.75, 3.05) is 23.4 Å². The van der Waals surface area contributed by atoms with Gasteiger partial charge in [-0.25, -0.2) is 4.39 Å². The molecule has 0 saturated heterocycles. The fourth-order valence-electron chi connectivity index (χ4n) is 2.27. The first-order chi connectivity index (χ1) is 12.5. The van der Waals surface area contributed by atoms with Gasteiger partial charge in [-0.15, -0.1) is 10.2 Å². The maximum Gasteiger partial charge on any atom is 0.316 e. The van der Waals surface area contributed by atoms with Gasteiger partial charge in [0.15, 0.2) is 5.16 Å². The minimum atomic E-state index is -0.755. The normalized spacial score (nSPS) is 11.8. The number of benzene rings is 1. The van der Waals surface area contributed by atoms with E-state index in [9.17, 15) is 14.0 Å². The summed E-state index contributed by atoms with van der Waals surface area (Å²) < 4.78 is 20.1. The Morgan fingerprint density at radius 3 is 2.73 bits per heavy atom. The average Bonchev–Trinajstić information content (AvgIpc) is 2.97. The lowest BCUT2D eigenvalue weighted by atomic mass is 10.2. The van der Waals surface area contributed by atoms with E-state index in [0.717, 1.165) is 11.8 Å². The van der Waals surface area contributed by atoms with Gasteiger partial charge in [0.2, 0.25) is 11.9 Å². The van der Waals surface area contributed by atoms with Crippen molar-refractivity contribution in [3.63, 3.8) is 0 Å². The predicted molar refractivity (Wildman–Crippen MR) is 96.1 cm³/mol. The zero-order valence-corrected chi connectivity index (χ0v) is 15.3. The second kappa shape index (κ2) is 9.18. The van der Waals surface area contributed by atoms with Crippen LogP contribution >= 0.6 is 11.8 Å². The molecule has 8 nitrogen and oxygen atoms in total. The summed E-state index contributed by atoms with van der Waals surface area (Å²) in [5.41, 5.74) is 5.92. The van der Waals surface area contributed by atoms with Crippen LogP contribution in [0.4, 0.5) is 16.0 Å². The second-order valence-corrected chi connectivity index (χ2v) is 6.14. The first-order valence-electron chi connectivity index (χ1n) is 8.02. The number of aromatic nitrogens is 3. The lowest BCUT2D eigenvalue weighted by Crippen LogP contribution is -2.27. The molecule has 10 heteroatoms. The molecule has 0 fully saturated rings. The number of para-hydroxylation sites is 1. The van der Waals surface area contributed by atoms with Crippen LogP contribution in [0.3, 0.4) is 0 Å². The number of esters is 1. The monoisotopic (exact) mass is 381 g/mol. The largest absolute Gasteiger partial charge is 0.465 e. The van der Waals surface area contributed by atoms with Gasteiger partial charge >= 0.3 is 5.97 Å². The number of carbonyl (C=O) groups excluding carboxylic acids is 2. The SMILES string of the molecule is CCOC(=O)CSc1nnc(N)n1C(CC)C(=O)Nc1ccccc1F. The highest BCUT2D eigenvalue weighted by molar-refractivity contribution is 7.99. The van der Waals surface area contributed by atoms with E-state index in [4.69, 9.17) is 10.5 Å². The summed E-state index contributed by atoms with van der Waals surface area (Å²) in [6.07, 6.45) is 0.371. The van der Waals surface area contributed by atoms with Gasteiger partial charge in [0.25, 0.3) is 0 Å². The van der Waals surface area contributed by atoms with Crippen molar-refractivity contribution in [3.8, 4) is 0 Å². The van der Waals surface area contributed by atoms with Crippen LogP contribution in [0.15, 0.2) is 29.4 Å². The van der Waals surface area contributed by atoms with Crippen molar-refractivity contribution < 1.29 is 18.7 Å². The predicted octanol–water partition coefficient (Wildman–Crippen LogP) is 2.24. The minimum Gasteiger partial charge on any atom is -0.465 e. The molecule has 0 aliphatic carbocycles. The van der Waals surface area contributed by atoms with Crippen LogP contribution in [0.2, 0.25) is 0 Å². The van der Waals surface area contributed by atoms with Crippen molar-refractivity contribution in [1.82, 2.24) is 14.8 Å². The Morgan fingerprint density at radius 1 is 1.35 bits per heavy atom. The average molecular weight is 381 g/mol. The van der Waals surface area contributed by atoms with Crippen LogP contribution < -0.4 is 11.1 Å². The van der Waals surface area contributed by atoms with Gasteiger partial charge in [-0.05, 0) is 25.5 Å². The maximum absolute atomic E-state index is 13.8. The van der Waals surface area contributed by atoms with E-state index in [-0.39, 0.29) is 24.0 Å². The summed E-state index contributed by atoms with van der Waals surface area (Å²) in [6.45, 7) is 3.77. The quantitative estimate of drug-likeness (QED) is 0.533. The summed E-state index contributed by atoms with van der Waals surface area (Å²) in [4.78, 5) is 24.2. The third-order valence-electron chi connectivity index (χ3n) is 3.45. The van der Waals surface area contributed by atoms with E-state index in [1.165, 1.54) is 22.8 Å². The minimum absolute atomic E-state index is 0.0113. The number of carbonyl (C=O) groups is 2. The molecule has 0 saturated carbocycles. The number of nitrogens with two attached hydrogens (primary N) is 1. The van der Waals surface area contributed by atoms with E-state index in [1.807, 2.05) is 0 Å². The fraction of sp³-hybridized carbons (Fsp3) is 0.375. The van der Waals surface area contributed by atoms with Crippen LogP contribution in [-0.2, 0) is 14.3 Å². The van der Waals surface area contributed by atoms with E-state index < -0.39 is 23.7 Å². The molecule has 1 amide bonds. The van der Waals surface area contributed by atoms with E-state index in [2.05, 4.69) is 15.5 Å². The van der Waals surface area contributed by atoms with E-state index >= 15 is 0 Å². The smallest absolute Gasteiger partial charge is 0.316 e. The van der Waals surface area contributed by atoms with Gasteiger partial charge in [-0.3, -0.25) is 14.2 Å². The van der Waals surface area contributed by atoms with Crippen molar-refractivity contribution in [1.29, 1.82) is 0 Å². The summed E-state index contributed by atoms with van der Waals surface area (Å²) >= 11 is 1.07. The number of halogens is 1. The molecule has 1 aromatic carbocycles. The molecule has 1 heterocycles. The number of nitrogens with one attached hydrogen (secondary N) is 1. The van der Waals surface area contributed by atoms with Crippen molar-refractivity contribution in [2.45, 2.75) is 31.5 Å². The molecule has 0 spiro atoms. The van der Waals surface area contributed by atoms with Crippen LogP contribution in [-0.4, -0.2) is 39.0 Å². The molecule has 26 heavy (non-hydrogen) atoms. The van der Waals surface area contributed by atoms with E-state index in [0.29, 0.717) is 11.6 Å². The summed E-state index contributed by atoms with van der Waals surface area (Å²) in [6, 6.07) is 5.11. The number of amides is 1. The van der Waals surface area contributed by atoms with Gasteiger partial charge in [0.1, 0.15) is 11.9 Å². The third-order valence-corrected chi connectivity index (χ3v) is 4.36. The maximum atomic E-state index is 13.8. The zero-order valence-electron chi connectivity index (χ0n) is 14.4. The Bertz CT molecular complexity index is 783. The Morgan fingerprint density at radius 2 is 2.08 bits per heavy atom. The molecular weight excluding hydrogens is 361 g/mol. The standard InChI is InChI=1S/C16H20FN5O3S/c1-3-12(14(24)19-11-8-6-5-7-10(11)17)22-15(18)20-21-16(22)26-9-13(23)25-4-2/h5-8,12H,3-4,9H2,1-2H3,(H2,18,20)(H,19,24). The molecule has 0 radical (unpaired) electrons. The highest BCUT2D eigenvalue weighted by Gasteiger charge is 2.26. The van der Waals surface area contributed by atoms with Crippen LogP contribution in [0, 0.1) is 5.82 Å². The molecule has 3 N–H and O–H groups in total. The van der Waals surface area contributed by atoms with Crippen molar-refractivity contribution in [3.05, 3.63) is 30.1 Å². The number of hydrogen-bond donors (Lipinski definition) is 2. The molecule has 1 aromatic heterocycles. The topological polar surface area (TPSA) is 112 Å². The first kappa shape index (κ1) is 19.7. The van der Waals surface area contributed by atoms with Gasteiger partial charge in [0, 0.05) is 0 Å². The molecule has 140 valence electrons. The third kappa shape index (κ3) is 4.72. The van der Waals surface area contributed by atoms with Crippen LogP contribution in [0.25, 0.3) is 0 Å². The summed E-state index contributed by atoms with van der Waals surface area (Å²) in [5, 5.41) is 10.5. The summed E-state index contributed by atoms with van der Waals surface area (Å²) in [5.74, 6) is -1.36. The molecule has 2 aromatic rings. The van der Waals surface area contributed by atoms with Crippen LogP contribution in [0.5, 0.6) is 0 Å². The molecule has 2 rings (SSSR count). The van der Waals surface area contributed by atoms with Gasteiger partial charge in [0.05, 0.1) is 18.0 Å². The summed E-state index contributed by atoms with van der Waals surface area (Å²) in [7, 11) is 0. The molecule has 1 unspecified atom stereocenters. The van der Waals surface area contributed by atoms with Gasteiger partial charge < -0.3 is 15.8 Å². The number of nitrogen functional groups attached to an aromatic ring is 1. The Labute approximate surface area is 154 Å². The lowest BCUT2D eigenvalue weighted by molar-refractivity contribution is -0.139. The molecule has 1 atom stereocenters. The Hall–Kier alpha value is -2.62. The van der Waals surface area contributed by atoms with E-state index in [1.54, 1.807) is 19.9 Å². The molecule has 0 aliphatic heterocycles. The molecule has 0 bridgehead atoms. The fourth-order valence-corrected chi connectivity index (χ4v) is 3.06. The van der Waals surface area contributed by atoms with Crippen LogP contribution in [0.1, 0.15) is 26.3 Å². The number of nitrogens with zero attached hydrogens (tertiary/aromatic N) is 3. The van der Waals surface area contributed by atoms with Crippen molar-refractivity contribution >= 4 is 35.3 Å². The number of hydrogen-bond acceptors (Lipinski definition) is 7. The van der Waals surface area contributed by atoms with Gasteiger partial charge in [-0.1, -0.05) is 30.8 Å². The Kier molecular flexibility index (Phi) is 6.96. The number of thioether (sulfide) groups is 1. The first-order valence-corrected chi connectivity index (χ1v) is 9.00. The number of ether oxygens (including phenoxy) is 1. The highest BCUT2D eigenvalue weighted by Crippen LogP contribution is 2.26. The number of rotatable bonds is 8. The Balaban J connectivity index is 2.18. The van der Waals surface area contributed by atoms with Crippen molar-refractivity contribution in [2.24, 2.45) is 0 Å². The second-order valence-electron chi connectivity index (χ2n) is 5.20. The highest BCUT2D eigenvalue weighted by atomic mass is 32.2. The lowest BCUT2D eigenvalue weighted by Gasteiger charge is -2.19. The molecule has 0 aliphatic rings. The van der Waals surface area contributed by atoms with Gasteiger partial charge in [-0.2, -0.15) is 0 Å².